The van der Waals surface area contributed by atoms with E-state index in [1.54, 1.807) is 29.7 Å². The van der Waals surface area contributed by atoms with E-state index in [1.807, 2.05) is 24.3 Å². The van der Waals surface area contributed by atoms with Gasteiger partial charge in [0.2, 0.25) is 0 Å². The number of fused-ring (bicyclic) bond motifs is 5. The molecule has 5 nitrogen and oxygen atoms in total. The Morgan fingerprint density at radius 1 is 1.21 bits per heavy atom. The Kier molecular flexibility index (Phi) is 3.32. The minimum Gasteiger partial charge on any atom is -0.449 e. The van der Waals surface area contributed by atoms with Crippen molar-refractivity contribution in [3.8, 4) is 0 Å². The van der Waals surface area contributed by atoms with Crippen LogP contribution in [0.4, 0.5) is 10.6 Å². The summed E-state index contributed by atoms with van der Waals surface area (Å²) in [6.07, 6.45) is -0.448. The first kappa shape index (κ1) is 14.8. The van der Waals surface area contributed by atoms with Crippen LogP contribution in [0.15, 0.2) is 42.5 Å². The van der Waals surface area contributed by atoms with Gasteiger partial charge in [0, 0.05) is 21.2 Å². The smallest absolute Gasteiger partial charge is 0.419 e. The van der Waals surface area contributed by atoms with E-state index in [0.29, 0.717) is 27.4 Å². The summed E-state index contributed by atoms with van der Waals surface area (Å²) in [4.78, 5) is 17.1. The Bertz CT molecular complexity index is 1120. The fraction of sp³-hybridized carbons (Fsp3) is 0.111. The van der Waals surface area contributed by atoms with Gasteiger partial charge in [-0.05, 0) is 25.1 Å². The zero-order valence-corrected chi connectivity index (χ0v) is 13.7. The molecule has 120 valence electrons. The number of rotatable bonds is 1. The van der Waals surface area contributed by atoms with Gasteiger partial charge in [0.05, 0.1) is 23.2 Å². The zero-order valence-electron chi connectivity index (χ0n) is 12.9. The number of carbonyl (C=O) groups is 1. The summed E-state index contributed by atoms with van der Waals surface area (Å²) in [6.45, 7) is 2.06. The summed E-state index contributed by atoms with van der Waals surface area (Å²) >= 11 is 6.14. The molecule has 4 rings (SSSR count). The molecule has 6 heteroatoms. The molecule has 0 aliphatic rings. The van der Waals surface area contributed by atoms with E-state index in [1.165, 1.54) is 0 Å². The van der Waals surface area contributed by atoms with Gasteiger partial charge < -0.3 is 10.5 Å². The lowest BCUT2D eigenvalue weighted by Crippen LogP contribution is -2.13. The molecule has 0 aliphatic heterocycles. The van der Waals surface area contributed by atoms with Crippen LogP contribution in [-0.4, -0.2) is 22.3 Å². The number of benzene rings is 2. The van der Waals surface area contributed by atoms with Crippen LogP contribution in [0.2, 0.25) is 5.02 Å². The molecule has 0 bridgehead atoms. The molecule has 24 heavy (non-hydrogen) atoms. The number of pyridine rings is 1. The van der Waals surface area contributed by atoms with Gasteiger partial charge in [-0.25, -0.2) is 14.3 Å². The highest BCUT2D eigenvalue weighted by Crippen LogP contribution is 2.36. The fourth-order valence-electron chi connectivity index (χ4n) is 3.08. The predicted molar refractivity (Wildman–Crippen MR) is 96.6 cm³/mol. The average molecular weight is 340 g/mol. The Morgan fingerprint density at radius 3 is 2.71 bits per heavy atom. The lowest BCUT2D eigenvalue weighted by Gasteiger charge is -2.08. The number of anilines is 1. The second kappa shape index (κ2) is 5.39. The molecule has 0 atom stereocenters. The van der Waals surface area contributed by atoms with Gasteiger partial charge in [-0.2, -0.15) is 0 Å². The molecule has 2 heterocycles. The number of nitrogen functional groups attached to an aromatic ring is 1. The molecular weight excluding hydrogens is 326 g/mol. The molecule has 0 aliphatic carbocycles. The van der Waals surface area contributed by atoms with Crippen molar-refractivity contribution < 1.29 is 9.53 Å². The molecule has 2 aromatic heterocycles. The summed E-state index contributed by atoms with van der Waals surface area (Å²) in [5, 5.41) is 2.98. The highest BCUT2D eigenvalue weighted by molar-refractivity contribution is 6.32. The van der Waals surface area contributed by atoms with Gasteiger partial charge in [0.25, 0.3) is 0 Å². The Hall–Kier alpha value is -2.79. The van der Waals surface area contributed by atoms with Crippen molar-refractivity contribution in [3.05, 3.63) is 47.5 Å². The topological polar surface area (TPSA) is 70.1 Å². The van der Waals surface area contributed by atoms with Crippen molar-refractivity contribution in [1.82, 2.24) is 9.55 Å². The zero-order chi connectivity index (χ0) is 16.8. The third-order valence-corrected chi connectivity index (χ3v) is 4.28. The summed E-state index contributed by atoms with van der Waals surface area (Å²) in [7, 11) is 0. The summed E-state index contributed by atoms with van der Waals surface area (Å²) in [5.74, 6) is 0.418. The normalized spacial score (nSPS) is 11.4. The molecule has 0 fully saturated rings. The van der Waals surface area contributed by atoms with Crippen molar-refractivity contribution >= 4 is 56.2 Å². The number of ether oxygens (including phenoxy) is 1. The van der Waals surface area contributed by atoms with E-state index in [-0.39, 0.29) is 6.61 Å². The molecule has 2 aromatic carbocycles. The molecule has 0 spiro atoms. The highest BCUT2D eigenvalue weighted by atomic mass is 35.5. The largest absolute Gasteiger partial charge is 0.449 e. The van der Waals surface area contributed by atoms with Crippen LogP contribution in [0.25, 0.3) is 32.7 Å². The molecule has 2 N–H and O–H groups in total. The first-order chi connectivity index (χ1) is 11.6. The SMILES string of the molecule is CCOC(=O)n1c2ccc(Cl)cc2c2nc(N)c3ccccc3c21. The maximum Gasteiger partial charge on any atom is 0.419 e. The average Bonchev–Trinajstić information content (AvgIpc) is 2.89. The quantitative estimate of drug-likeness (QED) is 0.551. The molecular formula is C18H14ClN3O2. The number of nitrogens with two attached hydrogens (primary N) is 1. The van der Waals surface area contributed by atoms with Crippen LogP contribution >= 0.6 is 11.6 Å². The van der Waals surface area contributed by atoms with Gasteiger partial charge in [-0.3, -0.25) is 0 Å². The van der Waals surface area contributed by atoms with E-state index < -0.39 is 6.09 Å². The van der Waals surface area contributed by atoms with E-state index in [4.69, 9.17) is 22.1 Å². The monoisotopic (exact) mass is 339 g/mol. The van der Waals surface area contributed by atoms with Gasteiger partial charge in [0.1, 0.15) is 5.82 Å². The number of hydrogen-bond donors (Lipinski definition) is 1. The van der Waals surface area contributed by atoms with Crippen LogP contribution < -0.4 is 5.73 Å². The standard InChI is InChI=1S/C18H14ClN3O2/c1-2-24-18(23)22-14-8-7-10(19)9-13(14)15-16(22)11-5-3-4-6-12(11)17(20)21-15/h3-9H,2H2,1H3,(H2,20,21). The maximum absolute atomic E-state index is 12.6. The number of nitrogens with zero attached hydrogens (tertiary/aromatic N) is 2. The minimum atomic E-state index is -0.448. The van der Waals surface area contributed by atoms with E-state index in [9.17, 15) is 4.79 Å². The number of hydrogen-bond acceptors (Lipinski definition) is 4. The lowest BCUT2D eigenvalue weighted by molar-refractivity contribution is 0.156. The van der Waals surface area contributed by atoms with Crippen LogP contribution in [-0.2, 0) is 4.74 Å². The van der Waals surface area contributed by atoms with E-state index in [2.05, 4.69) is 4.98 Å². The van der Waals surface area contributed by atoms with Crippen molar-refractivity contribution in [1.29, 1.82) is 0 Å². The first-order valence-electron chi connectivity index (χ1n) is 7.57. The Morgan fingerprint density at radius 2 is 1.96 bits per heavy atom. The van der Waals surface area contributed by atoms with E-state index >= 15 is 0 Å². The maximum atomic E-state index is 12.6. The van der Waals surface area contributed by atoms with Gasteiger partial charge in [-0.15, -0.1) is 0 Å². The third kappa shape index (κ3) is 2.02. The van der Waals surface area contributed by atoms with Crippen molar-refractivity contribution in [2.24, 2.45) is 0 Å². The predicted octanol–water partition coefficient (Wildman–Crippen LogP) is 4.58. The van der Waals surface area contributed by atoms with Gasteiger partial charge in [-0.1, -0.05) is 35.9 Å². The number of aromatic nitrogens is 2. The molecule has 0 amide bonds. The summed E-state index contributed by atoms with van der Waals surface area (Å²) in [5.41, 5.74) is 8.13. The molecule has 4 aromatic rings. The Labute approximate surface area is 142 Å². The molecule has 0 unspecified atom stereocenters. The van der Waals surface area contributed by atoms with Crippen LogP contribution in [0, 0.1) is 0 Å². The van der Waals surface area contributed by atoms with Gasteiger partial charge >= 0.3 is 6.09 Å². The minimum absolute atomic E-state index is 0.286. The second-order valence-electron chi connectivity index (χ2n) is 5.44. The molecule has 0 saturated heterocycles. The Balaban J connectivity index is 2.28. The molecule has 0 radical (unpaired) electrons. The van der Waals surface area contributed by atoms with Crippen LogP contribution in [0.1, 0.15) is 6.92 Å². The second-order valence-corrected chi connectivity index (χ2v) is 5.87. The van der Waals surface area contributed by atoms with Crippen molar-refractivity contribution in [2.75, 3.05) is 12.3 Å². The van der Waals surface area contributed by atoms with E-state index in [0.717, 1.165) is 16.2 Å². The summed E-state index contributed by atoms with van der Waals surface area (Å²) in [6, 6.07) is 12.9. The number of carbonyl (C=O) groups excluding carboxylic acids is 1. The summed E-state index contributed by atoms with van der Waals surface area (Å²) < 4.78 is 6.78. The molecule has 0 saturated carbocycles. The van der Waals surface area contributed by atoms with Crippen LogP contribution in [0.5, 0.6) is 0 Å². The fourth-order valence-corrected chi connectivity index (χ4v) is 3.25. The van der Waals surface area contributed by atoms with Gasteiger partial charge in [0.15, 0.2) is 0 Å². The number of halogens is 1. The highest BCUT2D eigenvalue weighted by Gasteiger charge is 2.21. The first-order valence-corrected chi connectivity index (χ1v) is 7.94. The third-order valence-electron chi connectivity index (χ3n) is 4.04. The van der Waals surface area contributed by atoms with Crippen molar-refractivity contribution in [2.45, 2.75) is 6.92 Å². The lowest BCUT2D eigenvalue weighted by atomic mass is 10.1. The van der Waals surface area contributed by atoms with Crippen molar-refractivity contribution in [3.63, 3.8) is 0 Å². The van der Waals surface area contributed by atoms with Crippen LogP contribution in [0.3, 0.4) is 0 Å².